The normalized spacial score (nSPS) is 12.5. The van der Waals surface area contributed by atoms with E-state index in [9.17, 15) is 9.18 Å². The fraction of sp³-hybridized carbons (Fsp3) is 0.250. The van der Waals surface area contributed by atoms with Crippen molar-refractivity contribution in [2.75, 3.05) is 0 Å². The van der Waals surface area contributed by atoms with Crippen LogP contribution in [-0.2, 0) is 6.54 Å². The summed E-state index contributed by atoms with van der Waals surface area (Å²) < 4.78 is 19.1. The molecule has 1 atom stereocenters. The minimum atomic E-state index is -0.517. The molecule has 0 unspecified atom stereocenters. The summed E-state index contributed by atoms with van der Waals surface area (Å²) >= 11 is 11.9. The van der Waals surface area contributed by atoms with Gasteiger partial charge in [0.2, 0.25) is 0 Å². The maximum absolute atomic E-state index is 13.8. The van der Waals surface area contributed by atoms with E-state index in [0.717, 1.165) is 22.1 Å². The highest BCUT2D eigenvalue weighted by Gasteiger charge is 2.15. The Labute approximate surface area is 160 Å². The number of benzene rings is 2. The lowest BCUT2D eigenvalue weighted by Crippen LogP contribution is -2.20. The SMILES string of the molecule is Cc1ccc2c(CN[C@@H](C)c3cc(F)c(Cl)cc3Cl)cc(=O)oc2c1C. The minimum absolute atomic E-state index is 0.0107. The molecule has 0 radical (unpaired) electrons. The van der Waals surface area contributed by atoms with Crippen LogP contribution in [0.25, 0.3) is 11.0 Å². The molecule has 1 N–H and O–H groups in total. The Morgan fingerprint density at radius 1 is 1.15 bits per heavy atom. The summed E-state index contributed by atoms with van der Waals surface area (Å²) in [5.74, 6) is -0.517. The molecule has 3 aromatic rings. The molecular weight excluding hydrogens is 376 g/mol. The van der Waals surface area contributed by atoms with E-state index in [1.54, 1.807) is 0 Å². The molecular formula is C20H18Cl2FNO2. The molecule has 0 fully saturated rings. The molecule has 0 aliphatic carbocycles. The zero-order valence-electron chi connectivity index (χ0n) is 14.6. The molecule has 0 aliphatic rings. The van der Waals surface area contributed by atoms with Gasteiger partial charge in [-0.3, -0.25) is 0 Å². The summed E-state index contributed by atoms with van der Waals surface area (Å²) in [4.78, 5) is 11.9. The fourth-order valence-corrected chi connectivity index (χ4v) is 3.46. The second-order valence-electron chi connectivity index (χ2n) is 6.37. The predicted octanol–water partition coefficient (Wildman–Crippen LogP) is 5.71. The standard InChI is InChI=1S/C20H18Cl2FNO2/c1-10-4-5-14-13(6-19(25)26-20(14)11(10)2)9-24-12(3)15-7-18(23)17(22)8-16(15)21/h4-8,12,24H,9H2,1-3H3/t12-/m0/s1. The minimum Gasteiger partial charge on any atom is -0.422 e. The molecule has 3 rings (SSSR count). The zero-order valence-corrected chi connectivity index (χ0v) is 16.1. The van der Waals surface area contributed by atoms with Gasteiger partial charge < -0.3 is 9.73 Å². The summed E-state index contributed by atoms with van der Waals surface area (Å²) in [7, 11) is 0. The van der Waals surface area contributed by atoms with Gasteiger partial charge in [-0.15, -0.1) is 0 Å². The molecule has 0 amide bonds. The molecule has 3 nitrogen and oxygen atoms in total. The van der Waals surface area contributed by atoms with Crippen molar-refractivity contribution in [2.45, 2.75) is 33.4 Å². The van der Waals surface area contributed by atoms with E-state index in [1.165, 1.54) is 18.2 Å². The van der Waals surface area contributed by atoms with E-state index < -0.39 is 11.4 Å². The van der Waals surface area contributed by atoms with Gasteiger partial charge in [0.1, 0.15) is 11.4 Å². The average molecular weight is 394 g/mol. The highest BCUT2D eigenvalue weighted by molar-refractivity contribution is 6.35. The quantitative estimate of drug-likeness (QED) is 0.456. The number of fused-ring (bicyclic) bond motifs is 1. The van der Waals surface area contributed by atoms with E-state index in [-0.39, 0.29) is 11.1 Å². The molecule has 136 valence electrons. The van der Waals surface area contributed by atoms with Crippen LogP contribution in [0.2, 0.25) is 10.0 Å². The van der Waals surface area contributed by atoms with E-state index in [1.807, 2.05) is 32.9 Å². The molecule has 26 heavy (non-hydrogen) atoms. The molecule has 1 heterocycles. The largest absolute Gasteiger partial charge is 0.422 e. The van der Waals surface area contributed by atoms with Gasteiger partial charge in [-0.1, -0.05) is 35.3 Å². The first-order chi connectivity index (χ1) is 12.3. The molecule has 0 saturated heterocycles. The lowest BCUT2D eigenvalue weighted by molar-refractivity contribution is 0.544. The van der Waals surface area contributed by atoms with Crippen molar-refractivity contribution in [3.05, 3.63) is 78.9 Å². The van der Waals surface area contributed by atoms with Crippen molar-refractivity contribution in [1.82, 2.24) is 5.32 Å². The van der Waals surface area contributed by atoms with Crippen LogP contribution in [0.5, 0.6) is 0 Å². The maximum atomic E-state index is 13.8. The smallest absolute Gasteiger partial charge is 0.336 e. The third kappa shape index (κ3) is 3.63. The zero-order chi connectivity index (χ0) is 19.0. The number of rotatable bonds is 4. The van der Waals surface area contributed by atoms with Gasteiger partial charge in [0, 0.05) is 29.1 Å². The first-order valence-electron chi connectivity index (χ1n) is 8.18. The summed E-state index contributed by atoms with van der Waals surface area (Å²) in [5.41, 5.74) is 3.62. The number of hydrogen-bond donors (Lipinski definition) is 1. The Hall–Kier alpha value is -1.88. The first kappa shape index (κ1) is 18.9. The molecule has 2 aromatic carbocycles. The van der Waals surface area contributed by atoms with Crippen LogP contribution < -0.4 is 10.9 Å². The van der Waals surface area contributed by atoms with E-state index in [4.69, 9.17) is 27.6 Å². The van der Waals surface area contributed by atoms with Crippen molar-refractivity contribution in [2.24, 2.45) is 0 Å². The highest BCUT2D eigenvalue weighted by atomic mass is 35.5. The number of hydrogen-bond acceptors (Lipinski definition) is 3. The Morgan fingerprint density at radius 2 is 1.88 bits per heavy atom. The topological polar surface area (TPSA) is 42.2 Å². The molecule has 0 saturated carbocycles. The molecule has 0 spiro atoms. The third-order valence-corrected chi connectivity index (χ3v) is 5.24. The van der Waals surface area contributed by atoms with Gasteiger partial charge in [0.05, 0.1) is 5.02 Å². The number of halogens is 3. The van der Waals surface area contributed by atoms with Crippen LogP contribution in [0.15, 0.2) is 39.5 Å². The van der Waals surface area contributed by atoms with Crippen molar-refractivity contribution in [3.63, 3.8) is 0 Å². The summed E-state index contributed by atoms with van der Waals surface area (Å²) in [6.07, 6.45) is 0. The molecule has 0 bridgehead atoms. The number of aryl methyl sites for hydroxylation is 2. The molecule has 0 aliphatic heterocycles. The summed E-state index contributed by atoms with van der Waals surface area (Å²) in [5, 5.41) is 4.54. The van der Waals surface area contributed by atoms with Gasteiger partial charge in [0.25, 0.3) is 0 Å². The van der Waals surface area contributed by atoms with Crippen LogP contribution >= 0.6 is 23.2 Å². The van der Waals surface area contributed by atoms with Crippen LogP contribution in [0.4, 0.5) is 4.39 Å². The lowest BCUT2D eigenvalue weighted by atomic mass is 10.0. The highest BCUT2D eigenvalue weighted by Crippen LogP contribution is 2.29. The summed E-state index contributed by atoms with van der Waals surface area (Å²) in [6, 6.07) is 7.90. The van der Waals surface area contributed by atoms with E-state index in [0.29, 0.717) is 22.7 Å². The first-order valence-corrected chi connectivity index (χ1v) is 8.94. The monoisotopic (exact) mass is 393 g/mol. The molecule has 1 aromatic heterocycles. The van der Waals surface area contributed by atoms with Gasteiger partial charge in [-0.2, -0.15) is 0 Å². The fourth-order valence-electron chi connectivity index (χ4n) is 2.91. The van der Waals surface area contributed by atoms with E-state index >= 15 is 0 Å². The lowest BCUT2D eigenvalue weighted by Gasteiger charge is -2.17. The van der Waals surface area contributed by atoms with Crippen molar-refractivity contribution < 1.29 is 8.81 Å². The van der Waals surface area contributed by atoms with Crippen LogP contribution in [0.3, 0.4) is 0 Å². The van der Waals surface area contributed by atoms with Gasteiger partial charge in [-0.05, 0) is 55.2 Å². The van der Waals surface area contributed by atoms with Gasteiger partial charge in [0.15, 0.2) is 0 Å². The molecule has 6 heteroatoms. The van der Waals surface area contributed by atoms with Gasteiger partial charge in [-0.25, -0.2) is 9.18 Å². The van der Waals surface area contributed by atoms with Crippen LogP contribution in [0, 0.1) is 19.7 Å². The second kappa shape index (κ2) is 7.39. The summed E-state index contributed by atoms with van der Waals surface area (Å²) in [6.45, 7) is 6.18. The Balaban J connectivity index is 1.92. The van der Waals surface area contributed by atoms with Crippen LogP contribution in [-0.4, -0.2) is 0 Å². The van der Waals surface area contributed by atoms with Crippen LogP contribution in [0.1, 0.15) is 35.2 Å². The number of nitrogens with one attached hydrogen (secondary N) is 1. The Kier molecular flexibility index (Phi) is 5.37. The van der Waals surface area contributed by atoms with Gasteiger partial charge >= 0.3 is 5.63 Å². The Bertz CT molecular complexity index is 1050. The Morgan fingerprint density at radius 3 is 2.62 bits per heavy atom. The van der Waals surface area contributed by atoms with Crippen molar-refractivity contribution in [1.29, 1.82) is 0 Å². The van der Waals surface area contributed by atoms with E-state index in [2.05, 4.69) is 5.32 Å². The second-order valence-corrected chi connectivity index (χ2v) is 7.18. The predicted molar refractivity (Wildman–Crippen MR) is 104 cm³/mol. The van der Waals surface area contributed by atoms with Crippen molar-refractivity contribution >= 4 is 34.2 Å². The van der Waals surface area contributed by atoms with Crippen molar-refractivity contribution in [3.8, 4) is 0 Å². The average Bonchev–Trinajstić information content (AvgIpc) is 2.59. The third-order valence-electron chi connectivity index (χ3n) is 4.62. The maximum Gasteiger partial charge on any atom is 0.336 e.